The van der Waals surface area contributed by atoms with Gasteiger partial charge in [0.05, 0.1) is 5.69 Å². The van der Waals surface area contributed by atoms with Crippen molar-refractivity contribution in [2.75, 3.05) is 25.9 Å². The van der Waals surface area contributed by atoms with Gasteiger partial charge in [-0.15, -0.1) is 11.3 Å². The molecule has 0 aromatic carbocycles. The van der Waals surface area contributed by atoms with E-state index in [-0.39, 0.29) is 5.91 Å². The van der Waals surface area contributed by atoms with E-state index >= 15 is 0 Å². The van der Waals surface area contributed by atoms with Gasteiger partial charge in [-0.3, -0.25) is 4.79 Å². The molecule has 1 amide bonds. The number of carbonyl (C=O) groups excluding carboxylic acids is 1. The Kier molecular flexibility index (Phi) is 4.47. The van der Waals surface area contributed by atoms with Gasteiger partial charge >= 0.3 is 0 Å². The highest BCUT2D eigenvalue weighted by Gasteiger charge is 2.27. The lowest BCUT2D eigenvalue weighted by molar-refractivity contribution is 0.0621. The molecule has 1 aliphatic rings. The predicted octanol–water partition coefficient (Wildman–Crippen LogP) is 2.28. The Hall–Kier alpha value is -1.07. The highest BCUT2D eigenvalue weighted by Crippen LogP contribution is 2.24. The molecule has 1 fully saturated rings. The van der Waals surface area contributed by atoms with Crippen LogP contribution in [0.3, 0.4) is 0 Å². The van der Waals surface area contributed by atoms with Crippen LogP contribution in [0.5, 0.6) is 0 Å². The number of thiophene rings is 1. The highest BCUT2D eigenvalue weighted by molar-refractivity contribution is 7.12. The normalized spacial score (nSPS) is 17.9. The van der Waals surface area contributed by atoms with Gasteiger partial charge in [0, 0.05) is 32.2 Å². The maximum absolute atomic E-state index is 12.4. The third kappa shape index (κ3) is 3.09. The molecule has 1 aliphatic heterocycles. The number of carbonyl (C=O) groups is 1. The second-order valence-corrected chi connectivity index (χ2v) is 6.40. The summed E-state index contributed by atoms with van der Waals surface area (Å²) in [4.78, 5) is 17.4. The number of hydrogen-bond donors (Lipinski definition) is 1. The van der Waals surface area contributed by atoms with E-state index in [9.17, 15) is 4.79 Å². The molecule has 1 saturated heterocycles. The van der Waals surface area contributed by atoms with E-state index in [2.05, 4.69) is 18.7 Å². The zero-order valence-electron chi connectivity index (χ0n) is 11.9. The topological polar surface area (TPSA) is 49.6 Å². The second-order valence-electron chi connectivity index (χ2n) is 5.48. The summed E-state index contributed by atoms with van der Waals surface area (Å²) in [6.45, 7) is 6.59. The van der Waals surface area contributed by atoms with Crippen molar-refractivity contribution >= 4 is 22.9 Å². The molecular weight excluding hydrogens is 258 g/mol. The molecule has 0 radical (unpaired) electrons. The monoisotopic (exact) mass is 281 g/mol. The summed E-state index contributed by atoms with van der Waals surface area (Å²) in [6.07, 6.45) is 2.09. The Bertz CT molecular complexity index is 436. The minimum Gasteiger partial charge on any atom is -0.397 e. The maximum Gasteiger partial charge on any atom is 0.266 e. The molecule has 2 heterocycles. The van der Waals surface area contributed by atoms with Gasteiger partial charge < -0.3 is 15.5 Å². The summed E-state index contributed by atoms with van der Waals surface area (Å²) in [5.74, 6) is 0.0653. The first-order valence-corrected chi connectivity index (χ1v) is 7.73. The third-order valence-electron chi connectivity index (χ3n) is 3.99. The average Bonchev–Trinajstić information content (AvgIpc) is 2.83. The molecule has 4 nitrogen and oxygen atoms in total. The van der Waals surface area contributed by atoms with Gasteiger partial charge in [-0.2, -0.15) is 0 Å². The first-order valence-electron chi connectivity index (χ1n) is 6.85. The van der Waals surface area contributed by atoms with Crippen LogP contribution in [0.2, 0.25) is 0 Å². The van der Waals surface area contributed by atoms with Crippen molar-refractivity contribution in [1.29, 1.82) is 0 Å². The van der Waals surface area contributed by atoms with E-state index in [1.54, 1.807) is 6.07 Å². The van der Waals surface area contributed by atoms with Gasteiger partial charge in [0.2, 0.25) is 0 Å². The van der Waals surface area contributed by atoms with Crippen molar-refractivity contribution in [3.8, 4) is 0 Å². The van der Waals surface area contributed by atoms with E-state index in [1.165, 1.54) is 11.3 Å². The fraction of sp³-hybridized carbons (Fsp3) is 0.643. The van der Waals surface area contributed by atoms with Crippen LogP contribution in [-0.2, 0) is 0 Å². The predicted molar refractivity (Wildman–Crippen MR) is 80.6 cm³/mol. The number of likely N-dealkylation sites (tertiary alicyclic amines) is 1. The number of rotatable bonds is 3. The van der Waals surface area contributed by atoms with Crippen LogP contribution in [0.4, 0.5) is 5.69 Å². The highest BCUT2D eigenvalue weighted by atomic mass is 32.1. The standard InChI is InChI=1S/C14H23N3OS/c1-10(2)17-7-4-11(5-8-17)16(3)14(18)13-12(15)6-9-19-13/h6,9-11H,4-5,7-8,15H2,1-3H3. The first kappa shape index (κ1) is 14.3. The van der Waals surface area contributed by atoms with Crippen LogP contribution in [0.15, 0.2) is 11.4 Å². The molecular formula is C14H23N3OS. The third-order valence-corrected chi connectivity index (χ3v) is 4.91. The van der Waals surface area contributed by atoms with E-state index in [0.29, 0.717) is 22.6 Å². The number of hydrogen-bond acceptors (Lipinski definition) is 4. The zero-order chi connectivity index (χ0) is 14.0. The molecule has 2 rings (SSSR count). The van der Waals surface area contributed by atoms with Crippen LogP contribution in [0.1, 0.15) is 36.4 Å². The van der Waals surface area contributed by atoms with Crippen molar-refractivity contribution in [3.63, 3.8) is 0 Å². The Morgan fingerprint density at radius 1 is 1.47 bits per heavy atom. The summed E-state index contributed by atoms with van der Waals surface area (Å²) < 4.78 is 0. The molecule has 1 aromatic heterocycles. The van der Waals surface area contributed by atoms with Gasteiger partial charge in [-0.05, 0) is 38.1 Å². The van der Waals surface area contributed by atoms with Gasteiger partial charge in [0.15, 0.2) is 0 Å². The van der Waals surface area contributed by atoms with E-state index < -0.39 is 0 Å². The summed E-state index contributed by atoms with van der Waals surface area (Å²) >= 11 is 1.43. The fourth-order valence-corrected chi connectivity index (χ4v) is 3.41. The quantitative estimate of drug-likeness (QED) is 0.924. The molecule has 5 heteroatoms. The Morgan fingerprint density at radius 2 is 2.11 bits per heavy atom. The number of nitrogen functional groups attached to an aromatic ring is 1. The Labute approximate surface area is 119 Å². The largest absolute Gasteiger partial charge is 0.397 e. The number of nitrogens with two attached hydrogens (primary N) is 1. The molecule has 0 saturated carbocycles. The molecule has 0 unspecified atom stereocenters. The lowest BCUT2D eigenvalue weighted by Crippen LogP contribution is -2.47. The number of amides is 1. The van der Waals surface area contributed by atoms with Gasteiger partial charge in [-0.25, -0.2) is 0 Å². The SMILES string of the molecule is CC(C)N1CCC(N(C)C(=O)c2sccc2N)CC1. The molecule has 2 N–H and O–H groups in total. The molecule has 0 aliphatic carbocycles. The minimum absolute atomic E-state index is 0.0653. The van der Waals surface area contributed by atoms with Crippen LogP contribution in [-0.4, -0.2) is 47.9 Å². The zero-order valence-corrected chi connectivity index (χ0v) is 12.7. The van der Waals surface area contributed by atoms with Gasteiger partial charge in [-0.1, -0.05) is 0 Å². The first-order chi connectivity index (χ1) is 9.00. The second kappa shape index (κ2) is 5.92. The molecule has 0 atom stereocenters. The van der Waals surface area contributed by atoms with Gasteiger partial charge in [0.1, 0.15) is 4.88 Å². The van der Waals surface area contributed by atoms with Crippen LogP contribution in [0.25, 0.3) is 0 Å². The summed E-state index contributed by atoms with van der Waals surface area (Å²) in [7, 11) is 1.90. The summed E-state index contributed by atoms with van der Waals surface area (Å²) in [6, 6.07) is 2.73. The van der Waals surface area contributed by atoms with Crippen molar-refractivity contribution in [3.05, 3.63) is 16.3 Å². The number of anilines is 1. The molecule has 106 valence electrons. The Balaban J connectivity index is 1.96. The van der Waals surface area contributed by atoms with Crippen molar-refractivity contribution in [2.45, 2.75) is 38.8 Å². The lowest BCUT2D eigenvalue weighted by atomic mass is 10.0. The van der Waals surface area contributed by atoms with E-state index in [0.717, 1.165) is 25.9 Å². The van der Waals surface area contributed by atoms with Crippen molar-refractivity contribution < 1.29 is 4.79 Å². The van der Waals surface area contributed by atoms with Crippen molar-refractivity contribution in [1.82, 2.24) is 9.80 Å². The molecule has 1 aromatic rings. The number of piperidine rings is 1. The van der Waals surface area contributed by atoms with Gasteiger partial charge in [0.25, 0.3) is 5.91 Å². The van der Waals surface area contributed by atoms with E-state index in [4.69, 9.17) is 5.73 Å². The van der Waals surface area contributed by atoms with E-state index in [1.807, 2.05) is 17.3 Å². The average molecular weight is 281 g/mol. The molecule has 0 spiro atoms. The smallest absolute Gasteiger partial charge is 0.266 e. The molecule has 19 heavy (non-hydrogen) atoms. The Morgan fingerprint density at radius 3 is 2.58 bits per heavy atom. The van der Waals surface area contributed by atoms with Crippen LogP contribution < -0.4 is 5.73 Å². The van der Waals surface area contributed by atoms with Crippen molar-refractivity contribution in [2.24, 2.45) is 0 Å². The summed E-state index contributed by atoms with van der Waals surface area (Å²) in [5.41, 5.74) is 6.42. The lowest BCUT2D eigenvalue weighted by Gasteiger charge is -2.38. The minimum atomic E-state index is 0.0653. The van der Waals surface area contributed by atoms with Crippen LogP contribution >= 0.6 is 11.3 Å². The fourth-order valence-electron chi connectivity index (χ4n) is 2.61. The van der Waals surface area contributed by atoms with Crippen LogP contribution in [0, 0.1) is 0 Å². The number of nitrogens with zero attached hydrogens (tertiary/aromatic N) is 2. The summed E-state index contributed by atoms with van der Waals surface area (Å²) in [5, 5.41) is 1.87. The maximum atomic E-state index is 12.4. The molecule has 0 bridgehead atoms.